The van der Waals surface area contributed by atoms with Crippen molar-refractivity contribution in [2.75, 3.05) is 32.6 Å². The van der Waals surface area contributed by atoms with Gasteiger partial charge in [0, 0.05) is 40.1 Å². The lowest BCUT2D eigenvalue weighted by molar-refractivity contribution is 0.0968. The molecule has 0 spiro atoms. The molecule has 4 aromatic rings. The smallest absolute Gasteiger partial charge is 0.213 e. The van der Waals surface area contributed by atoms with E-state index < -0.39 is 5.82 Å². The number of halogens is 2. The van der Waals surface area contributed by atoms with Gasteiger partial charge in [-0.25, -0.2) is 9.37 Å². The number of carbonyl (C=O) groups excluding carboxylic acids is 1. The van der Waals surface area contributed by atoms with E-state index in [0.717, 1.165) is 30.3 Å². The largest absolute Gasteiger partial charge is 0.505 e. The predicted molar refractivity (Wildman–Crippen MR) is 155 cm³/mol. The van der Waals surface area contributed by atoms with Crippen LogP contribution in [-0.4, -0.2) is 53.0 Å². The number of hydrogen-bond acceptors (Lipinski definition) is 7. The van der Waals surface area contributed by atoms with E-state index in [1.54, 1.807) is 24.5 Å². The van der Waals surface area contributed by atoms with E-state index in [4.69, 9.17) is 4.74 Å². The van der Waals surface area contributed by atoms with Crippen LogP contribution in [0.2, 0.25) is 0 Å². The van der Waals surface area contributed by atoms with Gasteiger partial charge >= 0.3 is 0 Å². The van der Waals surface area contributed by atoms with Gasteiger partial charge < -0.3 is 20.1 Å². The van der Waals surface area contributed by atoms with Crippen LogP contribution in [-0.2, 0) is 4.43 Å². The van der Waals surface area contributed by atoms with E-state index in [1.807, 2.05) is 43.3 Å². The average Bonchev–Trinajstić information content (AvgIpc) is 3.76. The monoisotopic (exact) mass is 626 g/mol. The number of nitrogens with zero attached hydrogens (tertiary/aromatic N) is 3. The summed E-state index contributed by atoms with van der Waals surface area (Å²) in [6.45, 7) is 1.31. The van der Waals surface area contributed by atoms with E-state index >= 15 is 0 Å². The number of fused-ring (bicyclic) bond motifs is 1. The van der Waals surface area contributed by atoms with Crippen LogP contribution in [0.25, 0.3) is 22.0 Å². The number of nitrogens with one attached hydrogen (secondary N) is 1. The van der Waals surface area contributed by atoms with Gasteiger partial charge in [0.05, 0.1) is 28.7 Å². The third kappa shape index (κ3) is 5.73. The van der Waals surface area contributed by atoms with Crippen LogP contribution in [0.4, 0.5) is 15.8 Å². The molecule has 1 aliphatic rings. The third-order valence-corrected chi connectivity index (χ3v) is 7.32. The summed E-state index contributed by atoms with van der Waals surface area (Å²) in [5.41, 5.74) is 4.49. The highest BCUT2D eigenvalue weighted by Crippen LogP contribution is 2.39. The zero-order valence-corrected chi connectivity index (χ0v) is 23.3. The van der Waals surface area contributed by atoms with Crippen molar-refractivity contribution in [2.45, 2.75) is 17.3 Å². The van der Waals surface area contributed by atoms with Crippen molar-refractivity contribution in [1.82, 2.24) is 14.9 Å². The first kappa shape index (κ1) is 26.3. The number of hydrogen-bond donors (Lipinski definition) is 2. The molecule has 0 saturated heterocycles. The number of aromatic nitrogens is 2. The number of ketones is 1. The maximum Gasteiger partial charge on any atom is 0.213 e. The molecule has 7 nitrogen and oxygen atoms in total. The number of carbonyl (C=O) groups is 1. The number of rotatable bonds is 10. The molecule has 9 heteroatoms. The summed E-state index contributed by atoms with van der Waals surface area (Å²) < 4.78 is 20.6. The molecule has 0 atom stereocenters. The molecule has 1 aliphatic carbocycles. The summed E-state index contributed by atoms with van der Waals surface area (Å²) in [5.74, 6) is -0.393. The van der Waals surface area contributed by atoms with Crippen molar-refractivity contribution in [3.05, 3.63) is 71.8 Å². The van der Waals surface area contributed by atoms with Gasteiger partial charge in [-0.3, -0.25) is 9.78 Å². The maximum absolute atomic E-state index is 14.5. The second-order valence-corrected chi connectivity index (χ2v) is 10.4. The van der Waals surface area contributed by atoms with Crippen LogP contribution in [0.1, 0.15) is 28.8 Å². The lowest BCUT2D eigenvalue weighted by Crippen LogP contribution is -2.19. The van der Waals surface area contributed by atoms with Crippen LogP contribution in [0, 0.1) is 11.7 Å². The van der Waals surface area contributed by atoms with E-state index in [-0.39, 0.29) is 17.5 Å². The van der Waals surface area contributed by atoms with Gasteiger partial charge in [-0.2, -0.15) is 0 Å². The van der Waals surface area contributed by atoms with Gasteiger partial charge in [0.2, 0.25) is 5.88 Å². The van der Waals surface area contributed by atoms with Crippen molar-refractivity contribution in [3.63, 3.8) is 0 Å². The summed E-state index contributed by atoms with van der Waals surface area (Å²) in [7, 11) is 3.96. The van der Waals surface area contributed by atoms with Gasteiger partial charge in [0.25, 0.3) is 0 Å². The van der Waals surface area contributed by atoms with Crippen LogP contribution in [0.5, 0.6) is 11.6 Å². The van der Waals surface area contributed by atoms with Crippen LogP contribution < -0.4 is 10.1 Å². The Kier molecular flexibility index (Phi) is 7.75. The molecule has 5 rings (SSSR count). The number of benzene rings is 2. The second kappa shape index (κ2) is 11.2. The minimum absolute atomic E-state index is 0.0148. The molecule has 0 amide bonds. The molecule has 38 heavy (non-hydrogen) atoms. The number of Topliss-reactive ketones (excluding diaryl/α,β-unsaturated/α-hetero) is 1. The second-order valence-electron chi connectivity index (χ2n) is 9.68. The number of ether oxygens (including phenoxy) is 1. The fourth-order valence-electron chi connectivity index (χ4n) is 4.20. The van der Waals surface area contributed by atoms with E-state index in [9.17, 15) is 14.3 Å². The standard InChI is InChI=1S/C29H28FIN4O3/c1-35(2)9-10-38-26-8-6-21(15-33-26)34-27-22-12-18(19-11-20(14-31)29(37)24(30)13-19)5-7-25(22)32-16-23(27)28(36)17-3-4-17/h5-8,11-13,15-17,37H,3-4,9-10,14H2,1-2H3,(H,32,34). The van der Waals surface area contributed by atoms with Crippen molar-refractivity contribution >= 4 is 50.7 Å². The Hall–Kier alpha value is -3.31. The molecule has 1 fully saturated rings. The Morgan fingerprint density at radius 1 is 1.13 bits per heavy atom. The molecule has 0 bridgehead atoms. The fraction of sp³-hybridized carbons (Fsp3) is 0.276. The Morgan fingerprint density at radius 2 is 1.95 bits per heavy atom. The summed E-state index contributed by atoms with van der Waals surface area (Å²) in [6.07, 6.45) is 5.06. The summed E-state index contributed by atoms with van der Waals surface area (Å²) in [5, 5.41) is 14.2. The lowest BCUT2D eigenvalue weighted by atomic mass is 9.98. The van der Waals surface area contributed by atoms with E-state index in [1.165, 1.54) is 6.07 Å². The normalized spacial score (nSPS) is 13.2. The first-order valence-electron chi connectivity index (χ1n) is 12.4. The van der Waals surface area contributed by atoms with Crippen molar-refractivity contribution < 1.29 is 19.0 Å². The number of phenols is 1. The van der Waals surface area contributed by atoms with Gasteiger partial charge in [0.15, 0.2) is 17.3 Å². The minimum atomic E-state index is -0.664. The Labute approximate surface area is 234 Å². The molecular formula is C29H28FIN4O3. The number of alkyl halides is 1. The molecular weight excluding hydrogens is 598 g/mol. The lowest BCUT2D eigenvalue weighted by Gasteiger charge is -2.16. The highest BCUT2D eigenvalue weighted by molar-refractivity contribution is 14.1. The van der Waals surface area contributed by atoms with Gasteiger partial charge in [0.1, 0.15) is 6.61 Å². The van der Waals surface area contributed by atoms with Crippen LogP contribution in [0.15, 0.2) is 54.9 Å². The molecule has 0 unspecified atom stereocenters. The summed E-state index contributed by atoms with van der Waals surface area (Å²) in [4.78, 5) is 24.2. The van der Waals surface area contributed by atoms with Crippen LogP contribution >= 0.6 is 22.6 Å². The third-order valence-electron chi connectivity index (χ3n) is 6.50. The van der Waals surface area contributed by atoms with Crippen molar-refractivity contribution in [1.29, 1.82) is 0 Å². The van der Waals surface area contributed by atoms with Crippen molar-refractivity contribution in [2.24, 2.45) is 5.92 Å². The number of likely N-dealkylation sites (N-methyl/N-ethyl adjacent to an activating group) is 1. The molecule has 0 radical (unpaired) electrons. The topological polar surface area (TPSA) is 87.6 Å². The zero-order chi connectivity index (χ0) is 26.8. The highest BCUT2D eigenvalue weighted by Gasteiger charge is 2.32. The molecule has 1 saturated carbocycles. The summed E-state index contributed by atoms with van der Waals surface area (Å²) in [6, 6.07) is 12.4. The molecule has 2 heterocycles. The van der Waals surface area contributed by atoms with Gasteiger partial charge in [-0.15, -0.1) is 0 Å². The number of pyridine rings is 2. The Morgan fingerprint density at radius 3 is 2.63 bits per heavy atom. The molecule has 2 aromatic heterocycles. The molecule has 2 N–H and O–H groups in total. The number of anilines is 2. The summed E-state index contributed by atoms with van der Waals surface area (Å²) >= 11 is 2.10. The van der Waals surface area contributed by atoms with Crippen molar-refractivity contribution in [3.8, 4) is 22.8 Å². The Balaban J connectivity index is 1.54. The van der Waals surface area contributed by atoms with Gasteiger partial charge in [-0.1, -0.05) is 28.7 Å². The first-order chi connectivity index (χ1) is 18.3. The number of aromatic hydroxyl groups is 1. The van der Waals surface area contributed by atoms with E-state index in [0.29, 0.717) is 50.5 Å². The molecule has 196 valence electrons. The molecule has 0 aliphatic heterocycles. The predicted octanol–water partition coefficient (Wildman–Crippen LogP) is 6.35. The minimum Gasteiger partial charge on any atom is -0.505 e. The Bertz CT molecular complexity index is 1490. The SMILES string of the molecule is CN(C)CCOc1ccc(Nc2c(C(=O)C3CC3)cnc3ccc(-c4cc(F)c(O)c(CI)c4)cc23)cn1. The van der Waals surface area contributed by atoms with E-state index in [2.05, 4.69) is 37.9 Å². The maximum atomic E-state index is 14.5. The van der Waals surface area contributed by atoms with Crippen LogP contribution in [0.3, 0.4) is 0 Å². The first-order valence-corrected chi connectivity index (χ1v) is 13.9. The fourth-order valence-corrected chi connectivity index (χ4v) is 4.78. The number of phenolic OH excluding ortho intramolecular Hbond substituents is 1. The average molecular weight is 626 g/mol. The quantitative estimate of drug-likeness (QED) is 0.121. The van der Waals surface area contributed by atoms with Gasteiger partial charge in [-0.05, 0) is 68.4 Å². The highest BCUT2D eigenvalue weighted by atomic mass is 127. The molecule has 2 aromatic carbocycles. The zero-order valence-electron chi connectivity index (χ0n) is 21.2.